The van der Waals surface area contributed by atoms with Gasteiger partial charge in [0, 0.05) is 23.8 Å². The molecule has 0 fully saturated rings. The Hall–Kier alpha value is -3.14. The molecular formula is C13H11N5O4S. The molecule has 2 aromatic heterocycles. The predicted octanol–water partition coefficient (Wildman–Crippen LogP) is 1.85. The van der Waals surface area contributed by atoms with E-state index in [1.54, 1.807) is 12.1 Å². The quantitative estimate of drug-likeness (QED) is 0.377. The van der Waals surface area contributed by atoms with Gasteiger partial charge in [-0.25, -0.2) is 13.4 Å². The third-order valence-electron chi connectivity index (χ3n) is 3.18. The Morgan fingerprint density at radius 1 is 1.30 bits per heavy atom. The molecule has 10 heteroatoms. The lowest BCUT2D eigenvalue weighted by molar-refractivity contribution is -0.383. The van der Waals surface area contributed by atoms with Crippen LogP contribution in [-0.4, -0.2) is 23.3 Å². The number of nitrogens with one attached hydrogen (secondary N) is 2. The van der Waals surface area contributed by atoms with Crippen LogP contribution in [0.15, 0.2) is 47.6 Å². The maximum atomic E-state index is 12.5. The molecule has 0 saturated heterocycles. The Morgan fingerprint density at radius 2 is 2.09 bits per heavy atom. The van der Waals surface area contributed by atoms with Crippen LogP contribution < -0.4 is 10.5 Å². The van der Waals surface area contributed by atoms with Crippen LogP contribution >= 0.6 is 0 Å². The highest BCUT2D eigenvalue weighted by Crippen LogP contribution is 2.28. The fourth-order valence-electron chi connectivity index (χ4n) is 2.13. The maximum absolute atomic E-state index is 12.5. The van der Waals surface area contributed by atoms with E-state index in [4.69, 9.17) is 5.73 Å². The number of rotatable bonds is 4. The molecule has 0 unspecified atom stereocenters. The minimum atomic E-state index is -3.94. The lowest BCUT2D eigenvalue weighted by Gasteiger charge is -2.07. The van der Waals surface area contributed by atoms with Gasteiger partial charge in [0.15, 0.2) is 0 Å². The first-order chi connectivity index (χ1) is 10.9. The van der Waals surface area contributed by atoms with Gasteiger partial charge >= 0.3 is 0 Å². The number of aromatic nitrogens is 2. The number of benzene rings is 1. The van der Waals surface area contributed by atoms with Crippen LogP contribution in [0, 0.1) is 10.1 Å². The van der Waals surface area contributed by atoms with Gasteiger partial charge in [-0.3, -0.25) is 14.8 Å². The first-order valence-electron chi connectivity index (χ1n) is 6.37. The molecule has 0 aliphatic carbocycles. The SMILES string of the molecule is Nc1ccc(NS(=O)(=O)c2c[nH]c3ncccc23)cc1[N+](=O)[O-]. The summed E-state index contributed by atoms with van der Waals surface area (Å²) in [5.41, 5.74) is 5.55. The molecule has 0 bridgehead atoms. The minimum absolute atomic E-state index is 0.0000723. The van der Waals surface area contributed by atoms with E-state index in [0.717, 1.165) is 6.07 Å². The summed E-state index contributed by atoms with van der Waals surface area (Å²) >= 11 is 0. The Kier molecular flexibility index (Phi) is 3.37. The van der Waals surface area contributed by atoms with E-state index >= 15 is 0 Å². The third kappa shape index (κ3) is 2.66. The van der Waals surface area contributed by atoms with Crippen molar-refractivity contribution in [3.8, 4) is 0 Å². The number of H-pyrrole nitrogens is 1. The Morgan fingerprint density at radius 3 is 2.83 bits per heavy atom. The highest BCUT2D eigenvalue weighted by molar-refractivity contribution is 7.93. The van der Waals surface area contributed by atoms with E-state index in [1.807, 2.05) is 0 Å². The number of nitro groups is 1. The van der Waals surface area contributed by atoms with Crippen molar-refractivity contribution in [1.29, 1.82) is 0 Å². The number of sulfonamides is 1. The lowest BCUT2D eigenvalue weighted by atomic mass is 10.2. The van der Waals surface area contributed by atoms with E-state index in [0.29, 0.717) is 11.0 Å². The molecule has 0 radical (unpaired) electrons. The monoisotopic (exact) mass is 333 g/mol. The first-order valence-corrected chi connectivity index (χ1v) is 7.85. The average Bonchev–Trinajstić information content (AvgIpc) is 2.93. The van der Waals surface area contributed by atoms with Gasteiger partial charge in [-0.15, -0.1) is 0 Å². The molecule has 0 spiro atoms. The number of nitrogens with two attached hydrogens (primary N) is 1. The van der Waals surface area contributed by atoms with Crippen LogP contribution in [0.1, 0.15) is 0 Å². The number of hydrogen-bond acceptors (Lipinski definition) is 6. The Bertz CT molecular complexity index is 1010. The molecule has 3 aromatic rings. The number of anilines is 2. The van der Waals surface area contributed by atoms with Crippen LogP contribution in [0.5, 0.6) is 0 Å². The van der Waals surface area contributed by atoms with Gasteiger partial charge in [-0.05, 0) is 24.3 Å². The van der Waals surface area contributed by atoms with E-state index in [2.05, 4.69) is 14.7 Å². The largest absolute Gasteiger partial charge is 0.393 e. The fraction of sp³-hybridized carbons (Fsp3) is 0. The van der Waals surface area contributed by atoms with Crippen molar-refractivity contribution >= 4 is 38.1 Å². The summed E-state index contributed by atoms with van der Waals surface area (Å²) in [5, 5.41) is 11.3. The summed E-state index contributed by atoms with van der Waals surface area (Å²) in [6.07, 6.45) is 2.84. The van der Waals surface area contributed by atoms with Crippen LogP contribution in [0.2, 0.25) is 0 Å². The van der Waals surface area contributed by atoms with Crippen molar-refractivity contribution in [2.75, 3.05) is 10.5 Å². The first kappa shape index (κ1) is 14.8. The molecule has 118 valence electrons. The van der Waals surface area contributed by atoms with E-state index in [1.165, 1.54) is 24.5 Å². The Balaban J connectivity index is 2.02. The Labute approximate surface area is 130 Å². The van der Waals surface area contributed by atoms with Gasteiger partial charge in [0.05, 0.1) is 10.6 Å². The standard InChI is InChI=1S/C13H11N5O4S/c14-10-4-3-8(6-11(10)18(19)20)17-23(21,22)12-7-16-13-9(12)2-1-5-15-13/h1-7,17H,14H2,(H,15,16). The van der Waals surface area contributed by atoms with E-state index in [-0.39, 0.29) is 22.0 Å². The molecule has 0 amide bonds. The fourth-order valence-corrected chi connectivity index (χ4v) is 3.34. The summed E-state index contributed by atoms with van der Waals surface area (Å²) in [4.78, 5) is 17.0. The van der Waals surface area contributed by atoms with Crippen molar-refractivity contribution in [1.82, 2.24) is 9.97 Å². The van der Waals surface area contributed by atoms with E-state index < -0.39 is 14.9 Å². The van der Waals surface area contributed by atoms with Gasteiger partial charge in [-0.2, -0.15) is 0 Å². The third-order valence-corrected chi connectivity index (χ3v) is 4.60. The van der Waals surface area contributed by atoms with Crippen molar-refractivity contribution < 1.29 is 13.3 Å². The maximum Gasteiger partial charge on any atom is 0.294 e. The number of hydrogen-bond donors (Lipinski definition) is 3. The molecule has 3 rings (SSSR count). The van der Waals surface area contributed by atoms with E-state index in [9.17, 15) is 18.5 Å². The smallest absolute Gasteiger partial charge is 0.294 e. The number of fused-ring (bicyclic) bond motifs is 1. The zero-order valence-corrected chi connectivity index (χ0v) is 12.4. The number of nitro benzene ring substituents is 1. The molecule has 9 nitrogen and oxygen atoms in total. The molecule has 0 aliphatic rings. The molecule has 0 aliphatic heterocycles. The van der Waals surface area contributed by atoms with Crippen LogP contribution in [0.3, 0.4) is 0 Å². The molecule has 1 aromatic carbocycles. The summed E-state index contributed by atoms with van der Waals surface area (Å²) in [6, 6.07) is 6.92. The second kappa shape index (κ2) is 5.25. The van der Waals surface area contributed by atoms with Crippen LogP contribution in [-0.2, 0) is 10.0 Å². The normalized spacial score (nSPS) is 11.5. The highest BCUT2D eigenvalue weighted by atomic mass is 32.2. The second-order valence-electron chi connectivity index (χ2n) is 4.69. The topological polar surface area (TPSA) is 144 Å². The second-order valence-corrected chi connectivity index (χ2v) is 6.34. The van der Waals surface area contributed by atoms with Gasteiger partial charge in [0.25, 0.3) is 15.7 Å². The number of pyridine rings is 1. The number of aromatic amines is 1. The molecule has 4 N–H and O–H groups in total. The average molecular weight is 333 g/mol. The highest BCUT2D eigenvalue weighted by Gasteiger charge is 2.21. The van der Waals surface area contributed by atoms with Gasteiger partial charge < -0.3 is 10.7 Å². The van der Waals surface area contributed by atoms with Crippen LogP contribution in [0.25, 0.3) is 11.0 Å². The summed E-state index contributed by atoms with van der Waals surface area (Å²) in [6.45, 7) is 0. The zero-order valence-electron chi connectivity index (χ0n) is 11.6. The van der Waals surface area contributed by atoms with Crippen molar-refractivity contribution in [3.63, 3.8) is 0 Å². The number of nitrogen functional groups attached to an aromatic ring is 1. The lowest BCUT2D eigenvalue weighted by Crippen LogP contribution is -2.13. The summed E-state index contributed by atoms with van der Waals surface area (Å²) in [7, 11) is -3.94. The van der Waals surface area contributed by atoms with Crippen LogP contribution in [0.4, 0.5) is 17.1 Å². The van der Waals surface area contributed by atoms with Gasteiger partial charge in [0.1, 0.15) is 16.2 Å². The molecule has 0 atom stereocenters. The molecular weight excluding hydrogens is 322 g/mol. The minimum Gasteiger partial charge on any atom is -0.393 e. The predicted molar refractivity (Wildman–Crippen MR) is 84.4 cm³/mol. The summed E-state index contributed by atoms with van der Waals surface area (Å²) in [5.74, 6) is 0. The van der Waals surface area contributed by atoms with Gasteiger partial charge in [0.2, 0.25) is 0 Å². The zero-order chi connectivity index (χ0) is 16.6. The summed E-state index contributed by atoms with van der Waals surface area (Å²) < 4.78 is 27.3. The van der Waals surface area contributed by atoms with Gasteiger partial charge in [-0.1, -0.05) is 0 Å². The van der Waals surface area contributed by atoms with Crippen molar-refractivity contribution in [2.45, 2.75) is 4.90 Å². The van der Waals surface area contributed by atoms with Crippen molar-refractivity contribution in [3.05, 3.63) is 52.8 Å². The molecule has 23 heavy (non-hydrogen) atoms. The molecule has 2 heterocycles. The number of nitrogens with zero attached hydrogens (tertiary/aromatic N) is 2. The molecule has 0 saturated carbocycles. The van der Waals surface area contributed by atoms with Crippen molar-refractivity contribution in [2.24, 2.45) is 0 Å².